The van der Waals surface area contributed by atoms with E-state index in [1.165, 1.54) is 0 Å². The molecule has 1 aromatic rings. The molecule has 0 unspecified atom stereocenters. The predicted molar refractivity (Wildman–Crippen MR) is 70.4 cm³/mol. The molecule has 2 atom stereocenters. The van der Waals surface area contributed by atoms with Crippen molar-refractivity contribution in [1.82, 2.24) is 10.1 Å². The standard InChI is InChI=1S/C14H20N2O4/c1-9-12(10(2)20-15-9)13(18)16-6-5-14(11(17)8-16)4-3-7-19-14/h11,17H,3-8H2,1-2H3/t11-,14-/m0/s1. The van der Waals surface area contributed by atoms with Crippen molar-refractivity contribution in [3.63, 3.8) is 0 Å². The number of rotatable bonds is 1. The smallest absolute Gasteiger partial charge is 0.259 e. The van der Waals surface area contributed by atoms with Crippen molar-refractivity contribution in [2.24, 2.45) is 0 Å². The van der Waals surface area contributed by atoms with Gasteiger partial charge in [0, 0.05) is 19.7 Å². The summed E-state index contributed by atoms with van der Waals surface area (Å²) < 4.78 is 10.8. The molecule has 1 spiro atoms. The number of aliphatic hydroxyl groups excluding tert-OH is 1. The second kappa shape index (κ2) is 4.86. The zero-order valence-corrected chi connectivity index (χ0v) is 11.9. The first-order valence-corrected chi connectivity index (χ1v) is 7.08. The van der Waals surface area contributed by atoms with Gasteiger partial charge < -0.3 is 19.3 Å². The molecule has 3 heterocycles. The van der Waals surface area contributed by atoms with Crippen LogP contribution in [0.4, 0.5) is 0 Å². The summed E-state index contributed by atoms with van der Waals surface area (Å²) in [6, 6.07) is 0. The Morgan fingerprint density at radius 3 is 2.80 bits per heavy atom. The largest absolute Gasteiger partial charge is 0.388 e. The number of carbonyl (C=O) groups is 1. The molecule has 1 aromatic heterocycles. The first-order valence-electron chi connectivity index (χ1n) is 7.08. The summed E-state index contributed by atoms with van der Waals surface area (Å²) in [6.45, 7) is 5.10. The number of aryl methyl sites for hydroxylation is 2. The van der Waals surface area contributed by atoms with Gasteiger partial charge in [-0.1, -0.05) is 5.16 Å². The molecule has 0 radical (unpaired) electrons. The Bertz CT molecular complexity index is 500. The zero-order chi connectivity index (χ0) is 14.3. The van der Waals surface area contributed by atoms with Crippen LogP contribution in [-0.4, -0.2) is 52.5 Å². The Kier molecular flexibility index (Phi) is 3.30. The number of aromatic nitrogens is 1. The number of piperidine rings is 1. The van der Waals surface area contributed by atoms with Gasteiger partial charge in [0.1, 0.15) is 17.4 Å². The number of likely N-dealkylation sites (tertiary alicyclic amines) is 1. The highest BCUT2D eigenvalue weighted by molar-refractivity contribution is 5.96. The fourth-order valence-electron chi connectivity index (χ4n) is 3.27. The minimum Gasteiger partial charge on any atom is -0.388 e. The molecule has 2 fully saturated rings. The summed E-state index contributed by atoms with van der Waals surface area (Å²) in [7, 11) is 0. The second-order valence-corrected chi connectivity index (χ2v) is 5.73. The van der Waals surface area contributed by atoms with Gasteiger partial charge in [0.15, 0.2) is 0 Å². The van der Waals surface area contributed by atoms with Crippen LogP contribution in [0.25, 0.3) is 0 Å². The van der Waals surface area contributed by atoms with Crippen LogP contribution in [0.1, 0.15) is 41.1 Å². The lowest BCUT2D eigenvalue weighted by molar-refractivity contribution is -0.123. The average molecular weight is 280 g/mol. The summed E-state index contributed by atoms with van der Waals surface area (Å²) in [5.74, 6) is 0.410. The van der Waals surface area contributed by atoms with E-state index in [2.05, 4.69) is 5.16 Å². The van der Waals surface area contributed by atoms with Crippen molar-refractivity contribution in [2.45, 2.75) is 44.8 Å². The van der Waals surface area contributed by atoms with Crippen molar-refractivity contribution >= 4 is 5.91 Å². The van der Waals surface area contributed by atoms with Gasteiger partial charge in [0.2, 0.25) is 0 Å². The maximum Gasteiger partial charge on any atom is 0.259 e. The zero-order valence-electron chi connectivity index (χ0n) is 11.9. The SMILES string of the molecule is Cc1noc(C)c1C(=O)N1CC[C@@]2(CCCO2)[C@@H](O)C1. The van der Waals surface area contributed by atoms with Crippen LogP contribution in [0.2, 0.25) is 0 Å². The van der Waals surface area contributed by atoms with Gasteiger partial charge in [0.05, 0.1) is 11.3 Å². The van der Waals surface area contributed by atoms with Gasteiger partial charge >= 0.3 is 0 Å². The first-order chi connectivity index (χ1) is 9.53. The highest BCUT2D eigenvalue weighted by atomic mass is 16.5. The lowest BCUT2D eigenvalue weighted by Gasteiger charge is -2.42. The predicted octanol–water partition coefficient (Wildman–Crippen LogP) is 1.05. The average Bonchev–Trinajstić information content (AvgIpc) is 3.01. The van der Waals surface area contributed by atoms with Gasteiger partial charge in [-0.2, -0.15) is 0 Å². The summed E-state index contributed by atoms with van der Waals surface area (Å²) in [5.41, 5.74) is 0.676. The van der Waals surface area contributed by atoms with Crippen LogP contribution in [0.3, 0.4) is 0 Å². The molecule has 0 aromatic carbocycles. The van der Waals surface area contributed by atoms with Crippen LogP contribution in [-0.2, 0) is 4.74 Å². The molecule has 2 saturated heterocycles. The van der Waals surface area contributed by atoms with E-state index in [1.54, 1.807) is 18.7 Å². The van der Waals surface area contributed by atoms with Gasteiger partial charge in [-0.15, -0.1) is 0 Å². The van der Waals surface area contributed by atoms with Crippen molar-refractivity contribution in [1.29, 1.82) is 0 Å². The van der Waals surface area contributed by atoms with Crippen LogP contribution >= 0.6 is 0 Å². The highest BCUT2D eigenvalue weighted by Crippen LogP contribution is 2.36. The summed E-state index contributed by atoms with van der Waals surface area (Å²) in [5, 5.41) is 14.2. The van der Waals surface area contributed by atoms with Crippen LogP contribution in [0, 0.1) is 13.8 Å². The fraction of sp³-hybridized carbons (Fsp3) is 0.714. The molecule has 0 bridgehead atoms. The molecule has 20 heavy (non-hydrogen) atoms. The third-order valence-corrected chi connectivity index (χ3v) is 4.47. The monoisotopic (exact) mass is 280 g/mol. The van der Waals surface area contributed by atoms with Gasteiger partial charge in [0.25, 0.3) is 5.91 Å². The van der Waals surface area contributed by atoms with E-state index in [4.69, 9.17) is 9.26 Å². The van der Waals surface area contributed by atoms with Crippen molar-refractivity contribution in [3.8, 4) is 0 Å². The molecule has 6 nitrogen and oxygen atoms in total. The quantitative estimate of drug-likeness (QED) is 0.832. The maximum absolute atomic E-state index is 12.5. The molecule has 6 heteroatoms. The molecular weight excluding hydrogens is 260 g/mol. The lowest BCUT2D eigenvalue weighted by atomic mass is 9.86. The minimum atomic E-state index is -0.622. The molecule has 1 N–H and O–H groups in total. The number of ether oxygens (including phenoxy) is 1. The van der Waals surface area contributed by atoms with Crippen molar-refractivity contribution < 1.29 is 19.2 Å². The molecule has 0 saturated carbocycles. The van der Waals surface area contributed by atoms with Gasteiger partial charge in [-0.25, -0.2) is 0 Å². The second-order valence-electron chi connectivity index (χ2n) is 5.73. The van der Waals surface area contributed by atoms with E-state index >= 15 is 0 Å². The third kappa shape index (κ3) is 2.03. The fourth-order valence-corrected chi connectivity index (χ4v) is 3.27. The molecule has 1 amide bonds. The summed E-state index contributed by atoms with van der Waals surface area (Å²) in [4.78, 5) is 14.2. The molecule has 0 aliphatic carbocycles. The first kappa shape index (κ1) is 13.6. The molecular formula is C14H20N2O4. The highest BCUT2D eigenvalue weighted by Gasteiger charge is 2.46. The van der Waals surface area contributed by atoms with Crippen molar-refractivity contribution in [3.05, 3.63) is 17.0 Å². The van der Waals surface area contributed by atoms with E-state index < -0.39 is 11.7 Å². The number of hydrogen-bond donors (Lipinski definition) is 1. The number of amides is 1. The van der Waals surface area contributed by atoms with Crippen LogP contribution in [0.15, 0.2) is 4.52 Å². The molecule has 3 rings (SSSR count). The van der Waals surface area contributed by atoms with Gasteiger partial charge in [-0.05, 0) is 33.1 Å². The topological polar surface area (TPSA) is 75.8 Å². The minimum absolute atomic E-state index is 0.117. The summed E-state index contributed by atoms with van der Waals surface area (Å²) in [6.07, 6.45) is 1.92. The van der Waals surface area contributed by atoms with E-state index in [0.29, 0.717) is 43.1 Å². The normalized spacial score (nSPS) is 30.1. The third-order valence-electron chi connectivity index (χ3n) is 4.47. The Morgan fingerprint density at radius 1 is 1.45 bits per heavy atom. The Morgan fingerprint density at radius 2 is 2.25 bits per heavy atom. The summed E-state index contributed by atoms with van der Waals surface area (Å²) >= 11 is 0. The number of carbonyl (C=O) groups excluding carboxylic acids is 1. The molecule has 2 aliphatic heterocycles. The Hall–Kier alpha value is -1.40. The van der Waals surface area contributed by atoms with E-state index in [1.807, 2.05) is 0 Å². The Labute approximate surface area is 117 Å². The Balaban J connectivity index is 1.76. The van der Waals surface area contributed by atoms with E-state index in [0.717, 1.165) is 12.8 Å². The van der Waals surface area contributed by atoms with Crippen LogP contribution < -0.4 is 0 Å². The van der Waals surface area contributed by atoms with E-state index in [9.17, 15) is 9.90 Å². The number of nitrogens with zero attached hydrogens (tertiary/aromatic N) is 2. The maximum atomic E-state index is 12.5. The van der Waals surface area contributed by atoms with Crippen LogP contribution in [0.5, 0.6) is 0 Å². The lowest BCUT2D eigenvalue weighted by Crippen LogP contribution is -2.56. The van der Waals surface area contributed by atoms with Crippen molar-refractivity contribution in [2.75, 3.05) is 19.7 Å². The molecule has 110 valence electrons. The number of β-amino-alcohol motifs (C(OH)–C–C–N with tert-alkyl or cyclic N) is 1. The van der Waals surface area contributed by atoms with Gasteiger partial charge in [-0.3, -0.25) is 4.79 Å². The number of hydrogen-bond acceptors (Lipinski definition) is 5. The molecule has 2 aliphatic rings. The van der Waals surface area contributed by atoms with E-state index in [-0.39, 0.29) is 5.91 Å². The number of aliphatic hydroxyl groups is 1.